The van der Waals surface area contributed by atoms with E-state index in [1.165, 1.54) is 6.07 Å². The molecule has 0 amide bonds. The van der Waals surface area contributed by atoms with Crippen LogP contribution in [-0.2, 0) is 11.3 Å². The summed E-state index contributed by atoms with van der Waals surface area (Å²) in [7, 11) is 1.61. The maximum atomic E-state index is 11.6. The van der Waals surface area contributed by atoms with Crippen LogP contribution in [0.3, 0.4) is 0 Å². The summed E-state index contributed by atoms with van der Waals surface area (Å²) >= 11 is 5.19. The summed E-state index contributed by atoms with van der Waals surface area (Å²) in [4.78, 5) is 14.2. The molecule has 2 aromatic rings. The summed E-state index contributed by atoms with van der Waals surface area (Å²) in [6, 6.07) is 10.6. The molecule has 0 aliphatic heterocycles. The molecule has 0 spiro atoms. The Morgan fingerprint density at radius 3 is 2.70 bits per heavy atom. The highest BCUT2D eigenvalue weighted by molar-refractivity contribution is 7.71. The van der Waals surface area contributed by atoms with E-state index in [-0.39, 0.29) is 5.56 Å². The number of ether oxygens (including phenoxy) is 1. The van der Waals surface area contributed by atoms with Crippen molar-refractivity contribution in [1.29, 1.82) is 5.26 Å². The number of hydrogen-bond acceptors (Lipinski definition) is 4. The highest BCUT2D eigenvalue weighted by atomic mass is 32.1. The molecule has 0 saturated carbocycles. The van der Waals surface area contributed by atoms with E-state index in [0.717, 1.165) is 5.56 Å². The number of nitriles is 1. The molecule has 0 saturated heterocycles. The summed E-state index contributed by atoms with van der Waals surface area (Å²) in [6.45, 7) is 1.03. The van der Waals surface area contributed by atoms with E-state index in [1.807, 2.05) is 4.57 Å². The number of methoxy groups -OCH3 is 1. The summed E-state index contributed by atoms with van der Waals surface area (Å²) in [6.07, 6.45) is 0. The van der Waals surface area contributed by atoms with Gasteiger partial charge in [-0.15, -0.1) is 0 Å². The Balaban J connectivity index is 2.56. The number of benzene rings is 1. The van der Waals surface area contributed by atoms with Gasteiger partial charge in [0.15, 0.2) is 4.77 Å². The first-order valence-corrected chi connectivity index (χ1v) is 6.40. The molecule has 6 heteroatoms. The van der Waals surface area contributed by atoms with Gasteiger partial charge >= 0.3 is 0 Å². The number of rotatable bonds is 4. The van der Waals surface area contributed by atoms with E-state index in [1.54, 1.807) is 31.4 Å². The Bertz CT molecular complexity index is 754. The van der Waals surface area contributed by atoms with Crippen molar-refractivity contribution in [3.8, 4) is 17.3 Å². The molecule has 5 nitrogen and oxygen atoms in total. The number of hydrogen-bond donors (Lipinski definition) is 1. The van der Waals surface area contributed by atoms with Gasteiger partial charge in [-0.1, -0.05) is 12.1 Å². The smallest absolute Gasteiger partial charge is 0.252 e. The molecule has 1 aromatic heterocycles. The molecule has 1 heterocycles. The zero-order valence-corrected chi connectivity index (χ0v) is 11.7. The molecule has 0 unspecified atom stereocenters. The fourth-order valence-electron chi connectivity index (χ4n) is 1.88. The highest BCUT2D eigenvalue weighted by Crippen LogP contribution is 2.18. The average molecular weight is 287 g/mol. The van der Waals surface area contributed by atoms with Crippen LogP contribution in [0.2, 0.25) is 0 Å². The van der Waals surface area contributed by atoms with Gasteiger partial charge in [0, 0.05) is 19.7 Å². The zero-order valence-electron chi connectivity index (χ0n) is 10.9. The Labute approximate surface area is 121 Å². The Kier molecular flexibility index (Phi) is 4.45. The van der Waals surface area contributed by atoms with Gasteiger partial charge < -0.3 is 9.30 Å². The SMILES string of the molecule is COCCn1c(-c2ccc(C#N)cc2)cc(=O)[nH]c1=S. The van der Waals surface area contributed by atoms with Crippen molar-refractivity contribution in [1.82, 2.24) is 9.55 Å². The van der Waals surface area contributed by atoms with Crippen LogP contribution >= 0.6 is 12.2 Å². The van der Waals surface area contributed by atoms with E-state index >= 15 is 0 Å². The predicted octanol–water partition coefficient (Wildman–Crippen LogP) is 2.09. The van der Waals surface area contributed by atoms with E-state index in [9.17, 15) is 4.79 Å². The third-order valence-corrected chi connectivity index (χ3v) is 3.19. The molecule has 1 aromatic carbocycles. The van der Waals surface area contributed by atoms with E-state index < -0.39 is 0 Å². The van der Waals surface area contributed by atoms with Gasteiger partial charge in [-0.3, -0.25) is 9.78 Å². The third-order valence-electron chi connectivity index (χ3n) is 2.86. The molecule has 2 rings (SSSR count). The number of nitrogens with zero attached hydrogens (tertiary/aromatic N) is 2. The fourth-order valence-corrected chi connectivity index (χ4v) is 2.17. The molecule has 0 bridgehead atoms. The molecule has 0 fully saturated rings. The first-order chi connectivity index (χ1) is 9.65. The molecule has 0 radical (unpaired) electrons. The van der Waals surface area contributed by atoms with Gasteiger partial charge in [-0.2, -0.15) is 5.26 Å². The number of aromatic nitrogens is 2. The Morgan fingerprint density at radius 2 is 2.10 bits per heavy atom. The van der Waals surface area contributed by atoms with Crippen molar-refractivity contribution >= 4 is 12.2 Å². The summed E-state index contributed by atoms with van der Waals surface area (Å²) in [5.41, 5.74) is 1.86. The summed E-state index contributed by atoms with van der Waals surface area (Å²) in [5.74, 6) is 0. The first-order valence-electron chi connectivity index (χ1n) is 5.99. The van der Waals surface area contributed by atoms with Crippen LogP contribution in [0, 0.1) is 16.1 Å². The van der Waals surface area contributed by atoms with Crippen molar-refractivity contribution in [2.75, 3.05) is 13.7 Å². The van der Waals surface area contributed by atoms with E-state index in [2.05, 4.69) is 11.1 Å². The topological polar surface area (TPSA) is 70.8 Å². The maximum Gasteiger partial charge on any atom is 0.252 e. The van der Waals surface area contributed by atoms with Gasteiger partial charge in [0.1, 0.15) is 0 Å². The molecule has 1 N–H and O–H groups in total. The molecule has 20 heavy (non-hydrogen) atoms. The van der Waals surface area contributed by atoms with E-state index in [4.69, 9.17) is 22.2 Å². The second kappa shape index (κ2) is 6.28. The monoisotopic (exact) mass is 287 g/mol. The lowest BCUT2D eigenvalue weighted by molar-refractivity contribution is 0.187. The van der Waals surface area contributed by atoms with Gasteiger partial charge in [0.05, 0.1) is 23.9 Å². The molecule has 0 aliphatic rings. The molecule has 0 aliphatic carbocycles. The van der Waals surface area contributed by atoms with Gasteiger partial charge in [-0.25, -0.2) is 0 Å². The molecule has 102 valence electrons. The third kappa shape index (κ3) is 3.02. The largest absolute Gasteiger partial charge is 0.383 e. The normalized spacial score (nSPS) is 10.2. The predicted molar refractivity (Wildman–Crippen MR) is 77.9 cm³/mol. The second-order valence-corrected chi connectivity index (χ2v) is 4.54. The Morgan fingerprint density at radius 1 is 1.40 bits per heavy atom. The minimum absolute atomic E-state index is 0.247. The molecular formula is C14H13N3O2S. The standard InChI is InChI=1S/C14H13N3O2S/c1-19-7-6-17-12(8-13(18)16-14(17)20)11-4-2-10(9-15)3-5-11/h2-5,8H,6-7H2,1H3,(H,16,18,20). The van der Waals surface area contributed by atoms with Crippen LogP contribution in [-0.4, -0.2) is 23.3 Å². The van der Waals surface area contributed by atoms with Gasteiger partial charge in [0.25, 0.3) is 5.56 Å². The summed E-state index contributed by atoms with van der Waals surface area (Å²) in [5, 5.41) is 8.81. The fraction of sp³-hybridized carbons (Fsp3) is 0.214. The first kappa shape index (κ1) is 14.2. The minimum Gasteiger partial charge on any atom is -0.383 e. The van der Waals surface area contributed by atoms with Crippen molar-refractivity contribution in [3.05, 3.63) is 51.0 Å². The van der Waals surface area contributed by atoms with Crippen LogP contribution in [0.25, 0.3) is 11.3 Å². The van der Waals surface area contributed by atoms with Gasteiger partial charge in [0.2, 0.25) is 0 Å². The zero-order chi connectivity index (χ0) is 14.5. The van der Waals surface area contributed by atoms with Crippen LogP contribution in [0.5, 0.6) is 0 Å². The maximum absolute atomic E-state index is 11.6. The summed E-state index contributed by atoms with van der Waals surface area (Å²) < 4.78 is 7.22. The van der Waals surface area contributed by atoms with Crippen LogP contribution < -0.4 is 5.56 Å². The van der Waals surface area contributed by atoms with Crippen molar-refractivity contribution < 1.29 is 4.74 Å². The lowest BCUT2D eigenvalue weighted by atomic mass is 10.1. The minimum atomic E-state index is -0.247. The number of nitrogens with one attached hydrogen (secondary N) is 1. The van der Waals surface area contributed by atoms with Crippen LogP contribution in [0.4, 0.5) is 0 Å². The lowest BCUT2D eigenvalue weighted by Crippen LogP contribution is -2.16. The lowest BCUT2D eigenvalue weighted by Gasteiger charge is -2.13. The van der Waals surface area contributed by atoms with Crippen LogP contribution in [0.15, 0.2) is 35.1 Å². The van der Waals surface area contributed by atoms with E-state index in [0.29, 0.717) is 29.2 Å². The number of aromatic amines is 1. The van der Waals surface area contributed by atoms with Crippen molar-refractivity contribution in [3.63, 3.8) is 0 Å². The highest BCUT2D eigenvalue weighted by Gasteiger charge is 2.06. The van der Waals surface area contributed by atoms with Crippen molar-refractivity contribution in [2.24, 2.45) is 0 Å². The Hall–Kier alpha value is -2.23. The molecule has 0 atom stereocenters. The second-order valence-electron chi connectivity index (χ2n) is 4.16. The van der Waals surface area contributed by atoms with Crippen molar-refractivity contribution in [2.45, 2.75) is 6.54 Å². The molecular weight excluding hydrogens is 274 g/mol. The average Bonchev–Trinajstić information content (AvgIpc) is 2.46. The number of H-pyrrole nitrogens is 1. The van der Waals surface area contributed by atoms with Gasteiger partial charge in [-0.05, 0) is 29.9 Å². The quantitative estimate of drug-likeness (QED) is 0.874. The van der Waals surface area contributed by atoms with Crippen LogP contribution in [0.1, 0.15) is 5.56 Å².